The maximum atomic E-state index is 3.77. The number of rotatable bonds is 0. The smallest absolute Gasteiger partial charge is 0.137 e. The summed E-state index contributed by atoms with van der Waals surface area (Å²) in [5.74, 6) is 0. The van der Waals surface area contributed by atoms with Gasteiger partial charge in [0.05, 0.1) is 4.83 Å². The molecule has 3 heteroatoms. The van der Waals surface area contributed by atoms with Crippen molar-refractivity contribution < 1.29 is 0 Å². The highest BCUT2D eigenvalue weighted by molar-refractivity contribution is 9.10. The molecule has 15 heavy (non-hydrogen) atoms. The molecule has 0 radical (unpaired) electrons. The van der Waals surface area contributed by atoms with Gasteiger partial charge in [-0.25, -0.2) is 0 Å². The minimum Gasteiger partial charge on any atom is -0.321 e. The molecule has 0 fully saturated rings. The Morgan fingerprint density at radius 3 is 2.73 bits per heavy atom. The third kappa shape index (κ3) is 1.33. The maximum Gasteiger partial charge on any atom is 0.137 e. The number of alkyl halides is 2. The van der Waals surface area contributed by atoms with Crippen LogP contribution >= 0.6 is 31.9 Å². The van der Waals surface area contributed by atoms with E-state index in [1.807, 2.05) is 0 Å². The number of hydrogen-bond acceptors (Lipinski definition) is 1. The van der Waals surface area contributed by atoms with E-state index in [2.05, 4.69) is 85.4 Å². The zero-order valence-corrected chi connectivity index (χ0v) is 11.1. The summed E-state index contributed by atoms with van der Waals surface area (Å²) in [5.41, 5.74) is 2.49. The standard InChI is InChI=1S/C12H9Br2N/c13-10-6-5-9-3-1-7-12(14)8-2-4-11(10)15(9)12/h1-8,10H. The van der Waals surface area contributed by atoms with Crippen molar-refractivity contribution in [3.63, 3.8) is 0 Å². The Labute approximate surface area is 106 Å². The lowest BCUT2D eigenvalue weighted by molar-refractivity contribution is 0.376. The number of halogens is 2. The predicted molar refractivity (Wildman–Crippen MR) is 69.8 cm³/mol. The molecule has 0 spiro atoms. The molecule has 3 aliphatic heterocycles. The summed E-state index contributed by atoms with van der Waals surface area (Å²) in [6, 6.07) is 0. The SMILES string of the molecule is BrC1C=CC2=CC=CC3(Br)C=CC=C1N23. The Balaban J connectivity index is 2.21. The van der Waals surface area contributed by atoms with E-state index >= 15 is 0 Å². The number of nitrogens with zero attached hydrogens (tertiary/aromatic N) is 1. The molecule has 3 aliphatic rings. The van der Waals surface area contributed by atoms with Crippen LogP contribution in [0.4, 0.5) is 0 Å². The van der Waals surface area contributed by atoms with Gasteiger partial charge in [0.25, 0.3) is 0 Å². The van der Waals surface area contributed by atoms with Gasteiger partial charge in [-0.2, -0.15) is 0 Å². The van der Waals surface area contributed by atoms with Gasteiger partial charge in [-0.15, -0.1) is 0 Å². The van der Waals surface area contributed by atoms with Gasteiger partial charge in [-0.05, 0) is 30.4 Å². The molecule has 1 nitrogen and oxygen atoms in total. The molecule has 3 heterocycles. The van der Waals surface area contributed by atoms with Gasteiger partial charge in [0, 0.05) is 11.4 Å². The van der Waals surface area contributed by atoms with Crippen LogP contribution in [0.2, 0.25) is 0 Å². The Hall–Kier alpha value is -0.540. The molecule has 0 aliphatic carbocycles. The van der Waals surface area contributed by atoms with E-state index in [9.17, 15) is 0 Å². The van der Waals surface area contributed by atoms with E-state index < -0.39 is 0 Å². The Bertz CT molecular complexity index is 456. The molecule has 0 saturated carbocycles. The summed E-state index contributed by atoms with van der Waals surface area (Å²) in [5, 5.41) is 0. The number of hydrogen-bond donors (Lipinski definition) is 0. The first-order chi connectivity index (χ1) is 7.21. The van der Waals surface area contributed by atoms with Gasteiger partial charge in [-0.3, -0.25) is 0 Å². The van der Waals surface area contributed by atoms with Gasteiger partial charge < -0.3 is 4.90 Å². The van der Waals surface area contributed by atoms with Crippen molar-refractivity contribution in [2.45, 2.75) is 9.28 Å². The van der Waals surface area contributed by atoms with Crippen molar-refractivity contribution in [3.8, 4) is 0 Å². The molecular formula is C12H9Br2N. The summed E-state index contributed by atoms with van der Waals surface area (Å²) >= 11 is 7.43. The average molecular weight is 327 g/mol. The van der Waals surface area contributed by atoms with Gasteiger partial charge in [-0.1, -0.05) is 50.1 Å². The fourth-order valence-electron chi connectivity index (χ4n) is 2.09. The predicted octanol–water partition coefficient (Wildman–Crippen LogP) is 3.62. The van der Waals surface area contributed by atoms with Crippen LogP contribution in [0.1, 0.15) is 0 Å². The molecule has 0 aromatic carbocycles. The van der Waals surface area contributed by atoms with E-state index in [1.165, 1.54) is 11.4 Å². The van der Waals surface area contributed by atoms with E-state index in [-0.39, 0.29) is 4.45 Å². The molecule has 0 saturated heterocycles. The van der Waals surface area contributed by atoms with Crippen LogP contribution in [0.15, 0.2) is 60.0 Å². The molecular weight excluding hydrogens is 318 g/mol. The van der Waals surface area contributed by atoms with Crippen LogP contribution in [0, 0.1) is 0 Å². The quantitative estimate of drug-likeness (QED) is 0.485. The number of allylic oxidation sites excluding steroid dienone is 6. The molecule has 0 amide bonds. The molecule has 2 atom stereocenters. The molecule has 3 rings (SSSR count). The monoisotopic (exact) mass is 325 g/mol. The molecule has 76 valence electrons. The summed E-state index contributed by atoms with van der Waals surface area (Å²) in [6.45, 7) is 0. The third-order valence-electron chi connectivity index (χ3n) is 2.77. The van der Waals surface area contributed by atoms with Gasteiger partial charge >= 0.3 is 0 Å². The molecule has 2 unspecified atom stereocenters. The summed E-state index contributed by atoms with van der Waals surface area (Å²) < 4.78 is -0.183. The lowest BCUT2D eigenvalue weighted by Gasteiger charge is -2.45. The Morgan fingerprint density at radius 2 is 1.93 bits per heavy atom. The van der Waals surface area contributed by atoms with Crippen LogP contribution in [0.25, 0.3) is 0 Å². The van der Waals surface area contributed by atoms with E-state index in [0.717, 1.165) is 0 Å². The van der Waals surface area contributed by atoms with Crippen LogP contribution in [0.3, 0.4) is 0 Å². The van der Waals surface area contributed by atoms with Crippen molar-refractivity contribution >= 4 is 31.9 Å². The third-order valence-corrected chi connectivity index (χ3v) is 4.43. The normalized spacial score (nSPS) is 36.1. The highest BCUT2D eigenvalue weighted by Crippen LogP contribution is 2.43. The van der Waals surface area contributed by atoms with Gasteiger partial charge in [0.1, 0.15) is 4.45 Å². The van der Waals surface area contributed by atoms with Crippen LogP contribution in [0.5, 0.6) is 0 Å². The minimum atomic E-state index is -0.183. The van der Waals surface area contributed by atoms with Crippen LogP contribution in [-0.4, -0.2) is 14.2 Å². The second-order valence-corrected chi connectivity index (χ2v) is 5.98. The fraction of sp³-hybridized carbons (Fsp3) is 0.167. The Kier molecular flexibility index (Phi) is 2.08. The molecule has 0 aromatic rings. The van der Waals surface area contributed by atoms with E-state index in [4.69, 9.17) is 0 Å². The van der Waals surface area contributed by atoms with E-state index in [1.54, 1.807) is 0 Å². The van der Waals surface area contributed by atoms with Crippen LogP contribution < -0.4 is 0 Å². The highest BCUT2D eigenvalue weighted by atomic mass is 79.9. The summed E-state index contributed by atoms with van der Waals surface area (Å²) in [4.78, 5) is 2.59. The zero-order valence-electron chi connectivity index (χ0n) is 7.90. The largest absolute Gasteiger partial charge is 0.321 e. The van der Waals surface area contributed by atoms with Crippen molar-refractivity contribution in [3.05, 3.63) is 60.0 Å². The Morgan fingerprint density at radius 1 is 1.20 bits per heavy atom. The molecule has 0 N–H and O–H groups in total. The van der Waals surface area contributed by atoms with Crippen molar-refractivity contribution in [2.24, 2.45) is 0 Å². The summed E-state index contributed by atoms with van der Waals surface area (Å²) in [7, 11) is 0. The zero-order chi connectivity index (χ0) is 10.5. The first-order valence-corrected chi connectivity index (χ1v) is 6.52. The van der Waals surface area contributed by atoms with Crippen molar-refractivity contribution in [1.29, 1.82) is 0 Å². The summed E-state index contributed by atoms with van der Waals surface area (Å²) in [6.07, 6.45) is 17.1. The first kappa shape index (κ1) is 9.67. The topological polar surface area (TPSA) is 3.24 Å². The average Bonchev–Trinajstić information content (AvgIpc) is 2.23. The van der Waals surface area contributed by atoms with Crippen molar-refractivity contribution in [2.75, 3.05) is 0 Å². The maximum absolute atomic E-state index is 3.77. The second kappa shape index (κ2) is 3.22. The minimum absolute atomic E-state index is 0.183. The highest BCUT2D eigenvalue weighted by Gasteiger charge is 2.38. The first-order valence-electron chi connectivity index (χ1n) is 4.81. The van der Waals surface area contributed by atoms with Gasteiger partial charge in [0.15, 0.2) is 0 Å². The van der Waals surface area contributed by atoms with Gasteiger partial charge in [0.2, 0.25) is 0 Å². The van der Waals surface area contributed by atoms with E-state index in [0.29, 0.717) is 4.83 Å². The van der Waals surface area contributed by atoms with Crippen LogP contribution in [-0.2, 0) is 0 Å². The molecule has 0 aromatic heterocycles. The lowest BCUT2D eigenvalue weighted by Crippen LogP contribution is -2.45. The second-order valence-electron chi connectivity index (χ2n) is 3.73. The van der Waals surface area contributed by atoms with Crippen molar-refractivity contribution in [1.82, 2.24) is 4.90 Å². The molecule has 0 bridgehead atoms. The fourth-order valence-corrected chi connectivity index (χ4v) is 3.31. The lowest BCUT2D eigenvalue weighted by atomic mass is 9.99.